The molecule has 1 saturated heterocycles. The number of azide groups is 1. The molecule has 0 radical (unpaired) electrons. The van der Waals surface area contributed by atoms with Crippen LogP contribution >= 0.6 is 11.8 Å². The highest BCUT2D eigenvalue weighted by atomic mass is 32.2. The minimum Gasteiger partial charge on any atom is -0.162 e. The van der Waals surface area contributed by atoms with Crippen LogP contribution in [0.4, 0.5) is 0 Å². The summed E-state index contributed by atoms with van der Waals surface area (Å²) in [6.45, 7) is 0. The molecule has 0 spiro atoms. The Kier molecular flexibility index (Phi) is 2.06. The molecule has 0 aromatic carbocycles. The Bertz CT molecular complexity index is 112. The van der Waals surface area contributed by atoms with E-state index < -0.39 is 0 Å². The molecular weight excluding hydrogens is 122 g/mol. The van der Waals surface area contributed by atoms with Gasteiger partial charge in [0, 0.05) is 16.7 Å². The third-order valence-electron chi connectivity index (χ3n) is 1.12. The summed E-state index contributed by atoms with van der Waals surface area (Å²) in [5, 5.41) is 3.58. The van der Waals surface area contributed by atoms with Crippen LogP contribution < -0.4 is 0 Å². The minimum absolute atomic E-state index is 0.282. The Labute approximate surface area is 52.1 Å². The number of thioether (sulfide) groups is 1. The fraction of sp³-hybridized carbons (Fsp3) is 1.00. The van der Waals surface area contributed by atoms with Crippen molar-refractivity contribution in [3.8, 4) is 0 Å². The van der Waals surface area contributed by atoms with Gasteiger partial charge in [0.25, 0.3) is 0 Å². The predicted molar refractivity (Wildman–Crippen MR) is 34.9 cm³/mol. The fourth-order valence-corrected chi connectivity index (χ4v) is 1.80. The summed E-state index contributed by atoms with van der Waals surface area (Å²) >= 11 is 1.86. The second-order valence-electron chi connectivity index (χ2n) is 1.72. The Morgan fingerprint density at radius 3 is 3.12 bits per heavy atom. The van der Waals surface area contributed by atoms with Gasteiger partial charge in [0.1, 0.15) is 0 Å². The maximum absolute atomic E-state index is 7.98. The zero-order valence-corrected chi connectivity index (χ0v) is 5.27. The van der Waals surface area contributed by atoms with Gasteiger partial charge in [-0.05, 0) is 17.7 Å². The molecule has 1 atom stereocenters. The first-order chi connectivity index (χ1) is 3.93. The average Bonchev–Trinajstić information content (AvgIpc) is 2.19. The van der Waals surface area contributed by atoms with Gasteiger partial charge in [-0.2, -0.15) is 11.8 Å². The molecular formula is C4H7N3S. The van der Waals surface area contributed by atoms with Crippen LogP contribution in [0.15, 0.2) is 5.11 Å². The third kappa shape index (κ3) is 1.32. The molecule has 1 aliphatic heterocycles. The van der Waals surface area contributed by atoms with Crippen molar-refractivity contribution in [1.82, 2.24) is 0 Å². The van der Waals surface area contributed by atoms with Crippen molar-refractivity contribution in [2.24, 2.45) is 5.11 Å². The number of rotatable bonds is 1. The Morgan fingerprint density at radius 2 is 2.62 bits per heavy atom. The number of hydrogen-bond donors (Lipinski definition) is 0. The van der Waals surface area contributed by atoms with Gasteiger partial charge in [-0.15, -0.1) is 0 Å². The monoisotopic (exact) mass is 129 g/mol. The van der Waals surface area contributed by atoms with Gasteiger partial charge in [0.2, 0.25) is 0 Å². The SMILES string of the molecule is [N-]=[N+]=N[C@H]1CCSC1. The summed E-state index contributed by atoms with van der Waals surface area (Å²) in [6.07, 6.45) is 1.06. The van der Waals surface area contributed by atoms with Gasteiger partial charge in [-0.1, -0.05) is 5.11 Å². The predicted octanol–water partition coefficient (Wildman–Crippen LogP) is 1.80. The second kappa shape index (κ2) is 2.84. The lowest BCUT2D eigenvalue weighted by Crippen LogP contribution is -1.97. The van der Waals surface area contributed by atoms with Crippen LogP contribution in [0.1, 0.15) is 6.42 Å². The highest BCUT2D eigenvalue weighted by molar-refractivity contribution is 7.99. The van der Waals surface area contributed by atoms with E-state index in [9.17, 15) is 0 Å². The lowest BCUT2D eigenvalue weighted by molar-refractivity contribution is 0.752. The standard InChI is InChI=1S/C4H7N3S/c5-7-6-4-1-2-8-3-4/h4H,1-3H2/t4-/m0/s1. The van der Waals surface area contributed by atoms with Crippen molar-refractivity contribution >= 4 is 11.8 Å². The van der Waals surface area contributed by atoms with E-state index in [0.717, 1.165) is 17.9 Å². The zero-order chi connectivity index (χ0) is 5.82. The molecule has 0 amide bonds. The Balaban J connectivity index is 2.35. The molecule has 4 heteroatoms. The highest BCUT2D eigenvalue weighted by Gasteiger charge is 2.12. The second-order valence-corrected chi connectivity index (χ2v) is 2.87. The first-order valence-corrected chi connectivity index (χ1v) is 3.71. The minimum atomic E-state index is 0.282. The van der Waals surface area contributed by atoms with E-state index in [2.05, 4.69) is 10.0 Å². The van der Waals surface area contributed by atoms with Gasteiger partial charge >= 0.3 is 0 Å². The zero-order valence-electron chi connectivity index (χ0n) is 4.45. The molecule has 0 N–H and O–H groups in total. The van der Waals surface area contributed by atoms with E-state index in [1.54, 1.807) is 0 Å². The van der Waals surface area contributed by atoms with Crippen molar-refractivity contribution < 1.29 is 0 Å². The molecule has 0 aliphatic carbocycles. The molecule has 1 heterocycles. The van der Waals surface area contributed by atoms with Gasteiger partial charge in [0.05, 0.1) is 0 Å². The van der Waals surface area contributed by atoms with Crippen LogP contribution in [0, 0.1) is 0 Å². The molecule has 44 valence electrons. The normalized spacial score (nSPS) is 27.2. The summed E-state index contributed by atoms with van der Waals surface area (Å²) in [5.74, 6) is 2.17. The third-order valence-corrected chi connectivity index (χ3v) is 2.27. The molecule has 0 aromatic heterocycles. The molecule has 0 unspecified atom stereocenters. The van der Waals surface area contributed by atoms with Crippen LogP contribution in [0.2, 0.25) is 0 Å². The molecule has 0 saturated carbocycles. The van der Waals surface area contributed by atoms with Crippen LogP contribution in [0.25, 0.3) is 10.4 Å². The van der Waals surface area contributed by atoms with Crippen LogP contribution in [-0.4, -0.2) is 17.5 Å². The largest absolute Gasteiger partial charge is 0.162 e. The number of nitrogens with zero attached hydrogens (tertiary/aromatic N) is 3. The Morgan fingerprint density at radius 1 is 1.75 bits per heavy atom. The smallest absolute Gasteiger partial charge is 0.0472 e. The van der Waals surface area contributed by atoms with E-state index in [-0.39, 0.29) is 6.04 Å². The molecule has 1 rings (SSSR count). The maximum Gasteiger partial charge on any atom is 0.0472 e. The maximum atomic E-state index is 7.98. The Hall–Kier alpha value is -0.340. The molecule has 8 heavy (non-hydrogen) atoms. The molecule has 1 fully saturated rings. The van der Waals surface area contributed by atoms with Crippen molar-refractivity contribution in [2.45, 2.75) is 12.5 Å². The van der Waals surface area contributed by atoms with E-state index >= 15 is 0 Å². The van der Waals surface area contributed by atoms with Crippen molar-refractivity contribution in [1.29, 1.82) is 0 Å². The van der Waals surface area contributed by atoms with Gasteiger partial charge in [-0.25, -0.2) is 0 Å². The van der Waals surface area contributed by atoms with Crippen molar-refractivity contribution in [3.63, 3.8) is 0 Å². The molecule has 0 aromatic rings. The summed E-state index contributed by atoms with van der Waals surface area (Å²) in [7, 11) is 0. The van der Waals surface area contributed by atoms with Crippen LogP contribution in [-0.2, 0) is 0 Å². The molecule has 3 nitrogen and oxygen atoms in total. The lowest BCUT2D eigenvalue weighted by Gasteiger charge is -1.91. The summed E-state index contributed by atoms with van der Waals surface area (Å²) in [5.41, 5.74) is 7.98. The first kappa shape index (κ1) is 5.79. The van der Waals surface area contributed by atoms with Crippen molar-refractivity contribution in [3.05, 3.63) is 10.4 Å². The summed E-state index contributed by atoms with van der Waals surface area (Å²) in [4.78, 5) is 2.73. The fourth-order valence-electron chi connectivity index (χ4n) is 0.686. The van der Waals surface area contributed by atoms with Gasteiger partial charge < -0.3 is 0 Å². The van der Waals surface area contributed by atoms with Crippen LogP contribution in [0.3, 0.4) is 0 Å². The van der Waals surface area contributed by atoms with E-state index in [0.29, 0.717) is 0 Å². The van der Waals surface area contributed by atoms with E-state index in [1.807, 2.05) is 11.8 Å². The van der Waals surface area contributed by atoms with Gasteiger partial charge in [-0.3, -0.25) is 0 Å². The molecule has 0 bridgehead atoms. The first-order valence-electron chi connectivity index (χ1n) is 2.55. The summed E-state index contributed by atoms with van der Waals surface area (Å²) in [6, 6.07) is 0.282. The quantitative estimate of drug-likeness (QED) is 0.302. The van der Waals surface area contributed by atoms with E-state index in [4.69, 9.17) is 5.53 Å². The topological polar surface area (TPSA) is 48.8 Å². The number of hydrogen-bond acceptors (Lipinski definition) is 2. The summed E-state index contributed by atoms with van der Waals surface area (Å²) < 4.78 is 0. The highest BCUT2D eigenvalue weighted by Crippen LogP contribution is 2.19. The molecule has 1 aliphatic rings. The van der Waals surface area contributed by atoms with Crippen molar-refractivity contribution in [2.75, 3.05) is 11.5 Å². The lowest BCUT2D eigenvalue weighted by atomic mass is 10.3. The van der Waals surface area contributed by atoms with Gasteiger partial charge in [0.15, 0.2) is 0 Å². The average molecular weight is 129 g/mol. The van der Waals surface area contributed by atoms with Crippen LogP contribution in [0.5, 0.6) is 0 Å². The van der Waals surface area contributed by atoms with E-state index in [1.165, 1.54) is 0 Å².